The summed E-state index contributed by atoms with van der Waals surface area (Å²) >= 11 is 0. The molecule has 0 aliphatic carbocycles. The van der Waals surface area contributed by atoms with E-state index in [0.29, 0.717) is 30.2 Å². The number of nitrogens with zero attached hydrogens (tertiary/aromatic N) is 3. The molecule has 2 heterocycles. The van der Waals surface area contributed by atoms with Crippen molar-refractivity contribution in [1.82, 2.24) is 4.98 Å². The normalized spacial score (nSPS) is 15.0. The first-order valence-electron chi connectivity index (χ1n) is 9.24. The van der Waals surface area contributed by atoms with Crippen LogP contribution in [0.4, 0.5) is 26.4 Å². The van der Waals surface area contributed by atoms with E-state index in [1.807, 2.05) is 0 Å². The van der Waals surface area contributed by atoms with Crippen molar-refractivity contribution in [2.24, 2.45) is 11.7 Å². The lowest BCUT2D eigenvalue weighted by Crippen LogP contribution is -2.49. The minimum atomic E-state index is -0.413. The zero-order valence-corrected chi connectivity index (χ0v) is 15.8. The first-order valence-corrected chi connectivity index (χ1v) is 9.24. The SMILES string of the molecule is CCC(CCN)CN1C(=O)N(c2c(C)cccc2F)Cc2cnc(N)cc21. The summed E-state index contributed by atoms with van der Waals surface area (Å²) < 4.78 is 14.6. The zero-order valence-electron chi connectivity index (χ0n) is 15.8. The van der Waals surface area contributed by atoms with Gasteiger partial charge in [-0.15, -0.1) is 0 Å². The fourth-order valence-corrected chi connectivity index (χ4v) is 3.58. The molecule has 0 radical (unpaired) electrons. The number of nitrogen functional groups attached to an aromatic ring is 1. The molecule has 1 atom stereocenters. The number of anilines is 3. The van der Waals surface area contributed by atoms with Gasteiger partial charge in [0.05, 0.1) is 17.9 Å². The fourth-order valence-electron chi connectivity index (χ4n) is 3.58. The molecule has 0 saturated carbocycles. The number of pyridine rings is 1. The summed E-state index contributed by atoms with van der Waals surface area (Å²) in [5, 5.41) is 0. The summed E-state index contributed by atoms with van der Waals surface area (Å²) in [6, 6.07) is 6.28. The second-order valence-electron chi connectivity index (χ2n) is 6.97. The van der Waals surface area contributed by atoms with Crippen LogP contribution in [0.15, 0.2) is 30.5 Å². The number of rotatable bonds is 6. The smallest absolute Gasteiger partial charge is 0.329 e. The van der Waals surface area contributed by atoms with Crippen LogP contribution in [-0.2, 0) is 6.54 Å². The molecule has 1 aliphatic heterocycles. The number of urea groups is 1. The summed E-state index contributed by atoms with van der Waals surface area (Å²) in [6.07, 6.45) is 3.38. The molecule has 0 spiro atoms. The molecule has 0 bridgehead atoms. The molecule has 6 nitrogen and oxygen atoms in total. The van der Waals surface area contributed by atoms with Crippen molar-refractivity contribution in [2.75, 3.05) is 28.6 Å². The van der Waals surface area contributed by atoms with Gasteiger partial charge in [0.25, 0.3) is 0 Å². The van der Waals surface area contributed by atoms with E-state index in [4.69, 9.17) is 11.5 Å². The number of hydrogen-bond acceptors (Lipinski definition) is 4. The first kappa shape index (κ1) is 19.1. The van der Waals surface area contributed by atoms with Gasteiger partial charge in [0.15, 0.2) is 0 Å². The van der Waals surface area contributed by atoms with Gasteiger partial charge in [0.1, 0.15) is 11.6 Å². The molecule has 1 aromatic heterocycles. The van der Waals surface area contributed by atoms with Gasteiger partial charge < -0.3 is 11.5 Å². The number of carbonyl (C=O) groups is 1. The predicted octanol–water partition coefficient (Wildman–Crippen LogP) is 3.43. The molecule has 3 rings (SSSR count). The second-order valence-corrected chi connectivity index (χ2v) is 6.97. The van der Waals surface area contributed by atoms with E-state index in [1.54, 1.807) is 36.2 Å². The Balaban J connectivity index is 2.05. The molecule has 7 heteroatoms. The average molecular weight is 371 g/mol. The van der Waals surface area contributed by atoms with E-state index in [2.05, 4.69) is 11.9 Å². The minimum absolute atomic E-state index is 0.253. The van der Waals surface area contributed by atoms with Gasteiger partial charge in [0, 0.05) is 24.4 Å². The van der Waals surface area contributed by atoms with E-state index in [1.165, 1.54) is 11.0 Å². The number of para-hydroxylation sites is 1. The quantitative estimate of drug-likeness (QED) is 0.814. The highest BCUT2D eigenvalue weighted by atomic mass is 19.1. The van der Waals surface area contributed by atoms with Gasteiger partial charge in [-0.3, -0.25) is 9.80 Å². The van der Waals surface area contributed by atoms with Crippen molar-refractivity contribution in [1.29, 1.82) is 0 Å². The molecular formula is C20H26FN5O. The highest BCUT2D eigenvalue weighted by Crippen LogP contribution is 2.35. The van der Waals surface area contributed by atoms with Gasteiger partial charge in [-0.25, -0.2) is 14.2 Å². The van der Waals surface area contributed by atoms with E-state index in [9.17, 15) is 9.18 Å². The molecule has 4 N–H and O–H groups in total. The van der Waals surface area contributed by atoms with Crippen LogP contribution in [0.2, 0.25) is 0 Å². The molecule has 27 heavy (non-hydrogen) atoms. The number of halogens is 1. The van der Waals surface area contributed by atoms with Crippen LogP contribution in [0.1, 0.15) is 30.9 Å². The summed E-state index contributed by atoms with van der Waals surface area (Å²) in [4.78, 5) is 20.7. The molecule has 1 aromatic carbocycles. The Kier molecular flexibility index (Phi) is 5.60. The van der Waals surface area contributed by atoms with E-state index in [0.717, 1.165) is 24.1 Å². The standard InChI is InChI=1S/C20H26FN5O/c1-3-14(7-8-22)11-25-17-9-18(23)24-10-15(17)12-26(20(25)27)19-13(2)5-4-6-16(19)21/h4-6,9-10,14H,3,7-8,11-12,22H2,1-2H3,(H2,23,24). The fraction of sp³-hybridized carbons (Fsp3) is 0.400. The van der Waals surface area contributed by atoms with Gasteiger partial charge in [-0.1, -0.05) is 25.5 Å². The third-order valence-electron chi connectivity index (χ3n) is 5.12. The summed E-state index contributed by atoms with van der Waals surface area (Å²) in [6.45, 7) is 5.20. The lowest BCUT2D eigenvalue weighted by atomic mass is 10.00. The lowest BCUT2D eigenvalue weighted by Gasteiger charge is -2.39. The number of aromatic nitrogens is 1. The maximum atomic E-state index is 14.6. The van der Waals surface area contributed by atoms with E-state index < -0.39 is 5.82 Å². The molecule has 0 fully saturated rings. The van der Waals surface area contributed by atoms with Crippen LogP contribution >= 0.6 is 0 Å². The summed E-state index contributed by atoms with van der Waals surface area (Å²) in [5.41, 5.74) is 14.2. The number of carbonyl (C=O) groups excluding carboxylic acids is 1. The van der Waals surface area contributed by atoms with Crippen LogP contribution in [0.3, 0.4) is 0 Å². The summed E-state index contributed by atoms with van der Waals surface area (Å²) in [5.74, 6) is 0.195. The Morgan fingerprint density at radius 3 is 2.81 bits per heavy atom. The molecule has 1 unspecified atom stereocenters. The number of amides is 2. The average Bonchev–Trinajstić information content (AvgIpc) is 2.64. The molecule has 144 valence electrons. The number of fused-ring (bicyclic) bond motifs is 1. The van der Waals surface area contributed by atoms with Crippen LogP contribution in [0, 0.1) is 18.7 Å². The minimum Gasteiger partial charge on any atom is -0.384 e. The monoisotopic (exact) mass is 371 g/mol. The Morgan fingerprint density at radius 2 is 2.15 bits per heavy atom. The Morgan fingerprint density at radius 1 is 1.37 bits per heavy atom. The Hall–Kier alpha value is -2.67. The van der Waals surface area contributed by atoms with Crippen molar-refractivity contribution in [3.8, 4) is 0 Å². The largest absolute Gasteiger partial charge is 0.384 e. The Bertz CT molecular complexity index is 821. The van der Waals surface area contributed by atoms with E-state index in [-0.39, 0.29) is 18.5 Å². The van der Waals surface area contributed by atoms with Crippen molar-refractivity contribution < 1.29 is 9.18 Å². The van der Waals surface area contributed by atoms with Crippen LogP contribution in [0.5, 0.6) is 0 Å². The van der Waals surface area contributed by atoms with Crippen molar-refractivity contribution in [3.63, 3.8) is 0 Å². The molecule has 0 saturated heterocycles. The summed E-state index contributed by atoms with van der Waals surface area (Å²) in [7, 11) is 0. The Labute approximate surface area is 159 Å². The zero-order chi connectivity index (χ0) is 19.6. The van der Waals surface area contributed by atoms with Gasteiger partial charge in [-0.05, 0) is 37.4 Å². The predicted molar refractivity (Wildman–Crippen MR) is 106 cm³/mol. The maximum absolute atomic E-state index is 14.6. The second kappa shape index (κ2) is 7.92. The van der Waals surface area contributed by atoms with Gasteiger partial charge in [0.2, 0.25) is 0 Å². The highest BCUT2D eigenvalue weighted by molar-refractivity contribution is 6.06. The van der Waals surface area contributed by atoms with E-state index >= 15 is 0 Å². The van der Waals surface area contributed by atoms with Crippen LogP contribution in [-0.4, -0.2) is 24.1 Å². The topological polar surface area (TPSA) is 88.5 Å². The van der Waals surface area contributed by atoms with Crippen molar-refractivity contribution in [3.05, 3.63) is 47.4 Å². The molecular weight excluding hydrogens is 345 g/mol. The highest BCUT2D eigenvalue weighted by Gasteiger charge is 2.34. The van der Waals surface area contributed by atoms with Crippen LogP contribution in [0.25, 0.3) is 0 Å². The van der Waals surface area contributed by atoms with Crippen LogP contribution < -0.4 is 21.3 Å². The molecule has 2 aromatic rings. The van der Waals surface area contributed by atoms with Gasteiger partial charge >= 0.3 is 6.03 Å². The molecule has 2 amide bonds. The van der Waals surface area contributed by atoms with Crippen molar-refractivity contribution in [2.45, 2.75) is 33.2 Å². The number of benzene rings is 1. The third kappa shape index (κ3) is 3.73. The third-order valence-corrected chi connectivity index (χ3v) is 5.12. The number of aryl methyl sites for hydroxylation is 1. The number of hydrogen-bond donors (Lipinski definition) is 2. The van der Waals surface area contributed by atoms with Gasteiger partial charge in [-0.2, -0.15) is 0 Å². The number of nitrogens with two attached hydrogens (primary N) is 2. The maximum Gasteiger partial charge on any atom is 0.329 e. The lowest BCUT2D eigenvalue weighted by molar-refractivity contribution is 0.248. The molecule has 1 aliphatic rings. The van der Waals surface area contributed by atoms with Crippen molar-refractivity contribution >= 4 is 23.2 Å². The first-order chi connectivity index (χ1) is 13.0.